The van der Waals surface area contributed by atoms with E-state index in [9.17, 15) is 9.59 Å². The van der Waals surface area contributed by atoms with Crippen molar-refractivity contribution >= 4 is 28.3 Å². The number of nitrogens with one attached hydrogen (secondary N) is 1. The number of hydrogen-bond donors (Lipinski definition) is 1. The van der Waals surface area contributed by atoms with Gasteiger partial charge in [0.25, 0.3) is 5.56 Å². The Morgan fingerprint density at radius 1 is 1.39 bits per heavy atom. The summed E-state index contributed by atoms with van der Waals surface area (Å²) >= 11 is 5.85. The molecule has 2 rings (SSSR count). The van der Waals surface area contributed by atoms with Crippen LogP contribution in [-0.2, 0) is 4.74 Å². The van der Waals surface area contributed by atoms with Crippen LogP contribution < -0.4 is 5.56 Å². The molecule has 0 saturated carbocycles. The Bertz CT molecular complexity index is 676. The number of hydrogen-bond acceptors (Lipinski definition) is 3. The van der Waals surface area contributed by atoms with Crippen LogP contribution in [0.4, 0.5) is 0 Å². The number of ether oxygens (including phenoxy) is 1. The molecule has 0 spiro atoms. The summed E-state index contributed by atoms with van der Waals surface area (Å²) in [6.45, 7) is 3.69. The Balaban J connectivity index is 2.80. The SMILES string of the molecule is CCOC(=O)c1c(C)[nH]c(=O)c2cc(Cl)ccc12. The lowest BCUT2D eigenvalue weighted by atomic mass is 10.0. The molecule has 0 atom stereocenters. The van der Waals surface area contributed by atoms with Gasteiger partial charge in [-0.3, -0.25) is 4.79 Å². The highest BCUT2D eigenvalue weighted by Gasteiger charge is 2.16. The maximum atomic E-state index is 11.9. The predicted molar refractivity (Wildman–Crippen MR) is 70.3 cm³/mol. The second-order valence-electron chi connectivity index (χ2n) is 3.86. The van der Waals surface area contributed by atoms with Crippen LogP contribution >= 0.6 is 11.6 Å². The van der Waals surface area contributed by atoms with E-state index < -0.39 is 5.97 Å². The first kappa shape index (κ1) is 12.6. The molecule has 1 N–H and O–H groups in total. The maximum Gasteiger partial charge on any atom is 0.340 e. The Morgan fingerprint density at radius 3 is 2.78 bits per heavy atom. The fourth-order valence-electron chi connectivity index (χ4n) is 1.89. The van der Waals surface area contributed by atoms with E-state index in [0.29, 0.717) is 27.1 Å². The highest BCUT2D eigenvalue weighted by molar-refractivity contribution is 6.31. The summed E-state index contributed by atoms with van der Waals surface area (Å²) in [5.41, 5.74) is 0.606. The average Bonchev–Trinajstić information content (AvgIpc) is 2.30. The van der Waals surface area contributed by atoms with Crippen LogP contribution in [0.2, 0.25) is 5.02 Å². The zero-order chi connectivity index (χ0) is 13.3. The van der Waals surface area contributed by atoms with Gasteiger partial charge < -0.3 is 9.72 Å². The normalized spacial score (nSPS) is 10.6. The van der Waals surface area contributed by atoms with Crippen molar-refractivity contribution < 1.29 is 9.53 Å². The largest absolute Gasteiger partial charge is 0.462 e. The van der Waals surface area contributed by atoms with Gasteiger partial charge in [-0.2, -0.15) is 0 Å². The number of halogens is 1. The minimum absolute atomic E-state index is 0.266. The van der Waals surface area contributed by atoms with E-state index in [1.165, 1.54) is 6.07 Å². The van der Waals surface area contributed by atoms with Crippen LogP contribution in [0.5, 0.6) is 0 Å². The monoisotopic (exact) mass is 265 g/mol. The van der Waals surface area contributed by atoms with Crippen molar-refractivity contribution in [3.05, 3.63) is 44.8 Å². The number of benzene rings is 1. The Morgan fingerprint density at radius 2 is 2.11 bits per heavy atom. The minimum atomic E-state index is -0.446. The van der Waals surface area contributed by atoms with E-state index in [0.717, 1.165) is 0 Å². The molecule has 1 aromatic heterocycles. The molecule has 0 bridgehead atoms. The summed E-state index contributed by atoms with van der Waals surface area (Å²) < 4.78 is 4.99. The summed E-state index contributed by atoms with van der Waals surface area (Å²) in [6, 6.07) is 4.84. The first-order valence-corrected chi connectivity index (χ1v) is 5.91. The fraction of sp³-hybridized carbons (Fsp3) is 0.231. The van der Waals surface area contributed by atoms with Crippen LogP contribution in [0.25, 0.3) is 10.8 Å². The molecule has 94 valence electrons. The average molecular weight is 266 g/mol. The third kappa shape index (κ3) is 2.11. The van der Waals surface area contributed by atoms with Gasteiger partial charge in [0.15, 0.2) is 0 Å². The molecule has 0 radical (unpaired) electrons. The van der Waals surface area contributed by atoms with Crippen molar-refractivity contribution in [2.75, 3.05) is 6.61 Å². The summed E-state index contributed by atoms with van der Waals surface area (Å²) in [7, 11) is 0. The molecule has 0 aliphatic heterocycles. The van der Waals surface area contributed by atoms with E-state index >= 15 is 0 Å². The van der Waals surface area contributed by atoms with Gasteiger partial charge in [-0.15, -0.1) is 0 Å². The Labute approximate surface area is 109 Å². The fourth-order valence-corrected chi connectivity index (χ4v) is 2.06. The second kappa shape index (κ2) is 4.82. The summed E-state index contributed by atoms with van der Waals surface area (Å²) in [5, 5.41) is 1.39. The van der Waals surface area contributed by atoms with Gasteiger partial charge in [-0.1, -0.05) is 17.7 Å². The number of carbonyl (C=O) groups is 1. The van der Waals surface area contributed by atoms with Gasteiger partial charge >= 0.3 is 5.97 Å². The summed E-state index contributed by atoms with van der Waals surface area (Å²) in [4.78, 5) is 26.3. The molecular weight excluding hydrogens is 254 g/mol. The molecule has 0 unspecified atom stereocenters. The van der Waals surface area contributed by atoms with E-state index in [1.807, 2.05) is 0 Å². The standard InChI is InChI=1S/C13H12ClNO3/c1-3-18-13(17)11-7(2)15-12(16)10-6-8(14)4-5-9(10)11/h4-6H,3H2,1-2H3,(H,15,16). The summed E-state index contributed by atoms with van der Waals surface area (Å²) in [5.74, 6) is -0.446. The summed E-state index contributed by atoms with van der Waals surface area (Å²) in [6.07, 6.45) is 0. The van der Waals surface area contributed by atoms with Gasteiger partial charge in [0, 0.05) is 21.5 Å². The van der Waals surface area contributed by atoms with Gasteiger partial charge in [0.1, 0.15) is 0 Å². The van der Waals surface area contributed by atoms with E-state index in [1.54, 1.807) is 26.0 Å². The smallest absolute Gasteiger partial charge is 0.340 e. The molecule has 1 heterocycles. The molecule has 1 aromatic carbocycles. The number of carbonyl (C=O) groups excluding carboxylic acids is 1. The molecule has 18 heavy (non-hydrogen) atoms. The zero-order valence-electron chi connectivity index (χ0n) is 10.0. The number of fused-ring (bicyclic) bond motifs is 1. The highest BCUT2D eigenvalue weighted by atomic mass is 35.5. The number of H-pyrrole nitrogens is 1. The Hall–Kier alpha value is -1.81. The number of aromatic amines is 1. The number of pyridine rings is 1. The van der Waals surface area contributed by atoms with Gasteiger partial charge in [0.2, 0.25) is 0 Å². The van der Waals surface area contributed by atoms with Crippen LogP contribution in [0.1, 0.15) is 23.0 Å². The first-order chi connectivity index (χ1) is 8.54. The quantitative estimate of drug-likeness (QED) is 0.850. The lowest BCUT2D eigenvalue weighted by Crippen LogP contribution is -2.15. The third-order valence-electron chi connectivity index (χ3n) is 2.65. The lowest BCUT2D eigenvalue weighted by molar-refractivity contribution is 0.0527. The third-order valence-corrected chi connectivity index (χ3v) is 2.89. The molecule has 4 nitrogen and oxygen atoms in total. The van der Waals surface area contributed by atoms with Crippen LogP contribution in [-0.4, -0.2) is 17.6 Å². The lowest BCUT2D eigenvalue weighted by Gasteiger charge is -2.09. The topological polar surface area (TPSA) is 59.2 Å². The van der Waals surface area contributed by atoms with Crippen LogP contribution in [0.3, 0.4) is 0 Å². The number of aryl methyl sites for hydroxylation is 1. The van der Waals surface area contributed by atoms with Crippen molar-refractivity contribution in [2.45, 2.75) is 13.8 Å². The molecule has 0 amide bonds. The van der Waals surface area contributed by atoms with Gasteiger partial charge in [-0.25, -0.2) is 4.79 Å². The first-order valence-electron chi connectivity index (χ1n) is 5.54. The second-order valence-corrected chi connectivity index (χ2v) is 4.30. The zero-order valence-corrected chi connectivity index (χ0v) is 10.8. The van der Waals surface area contributed by atoms with Crippen molar-refractivity contribution in [1.29, 1.82) is 0 Å². The van der Waals surface area contributed by atoms with Crippen molar-refractivity contribution in [3.63, 3.8) is 0 Å². The number of rotatable bonds is 2. The van der Waals surface area contributed by atoms with E-state index in [4.69, 9.17) is 16.3 Å². The molecule has 0 aliphatic carbocycles. The molecule has 0 fully saturated rings. The van der Waals surface area contributed by atoms with Crippen molar-refractivity contribution in [3.8, 4) is 0 Å². The highest BCUT2D eigenvalue weighted by Crippen LogP contribution is 2.22. The van der Waals surface area contributed by atoms with Gasteiger partial charge in [0.05, 0.1) is 12.2 Å². The number of aromatic nitrogens is 1. The van der Waals surface area contributed by atoms with Crippen LogP contribution in [0.15, 0.2) is 23.0 Å². The van der Waals surface area contributed by atoms with Crippen molar-refractivity contribution in [2.24, 2.45) is 0 Å². The molecule has 2 aromatic rings. The minimum Gasteiger partial charge on any atom is -0.462 e. The van der Waals surface area contributed by atoms with Gasteiger partial charge in [-0.05, 0) is 26.0 Å². The van der Waals surface area contributed by atoms with Crippen molar-refractivity contribution in [1.82, 2.24) is 4.98 Å². The molecule has 0 aliphatic rings. The number of esters is 1. The molecule has 5 heteroatoms. The van der Waals surface area contributed by atoms with E-state index in [2.05, 4.69) is 4.98 Å². The maximum absolute atomic E-state index is 11.9. The molecular formula is C13H12ClNO3. The van der Waals surface area contributed by atoms with Crippen LogP contribution in [0, 0.1) is 6.92 Å². The molecule has 0 saturated heterocycles. The predicted octanol–water partition coefficient (Wildman–Crippen LogP) is 2.67. The van der Waals surface area contributed by atoms with E-state index in [-0.39, 0.29) is 12.2 Å². The Kier molecular flexibility index (Phi) is 3.39.